The number of hydrogen-bond acceptors (Lipinski definition) is 4. The summed E-state index contributed by atoms with van der Waals surface area (Å²) in [6.45, 7) is 4.42. The van der Waals surface area contributed by atoms with Crippen LogP contribution in [0.3, 0.4) is 0 Å². The third-order valence-corrected chi connectivity index (χ3v) is 2.24. The van der Waals surface area contributed by atoms with Crippen LogP contribution in [0.4, 0.5) is 0 Å². The van der Waals surface area contributed by atoms with Crippen LogP contribution in [0, 0.1) is 17.2 Å². The molecule has 0 saturated carbocycles. The second kappa shape index (κ2) is 6.38. The van der Waals surface area contributed by atoms with Crippen LogP contribution in [0.1, 0.15) is 13.3 Å². The smallest absolute Gasteiger partial charge is 0.222 e. The highest BCUT2D eigenvalue weighted by atomic mass is 16.5. The molecule has 15 heavy (non-hydrogen) atoms. The molecule has 0 aromatic rings. The van der Waals surface area contributed by atoms with Gasteiger partial charge in [0.25, 0.3) is 0 Å². The molecule has 0 aliphatic carbocycles. The van der Waals surface area contributed by atoms with Crippen LogP contribution in [0.15, 0.2) is 0 Å². The lowest BCUT2D eigenvalue weighted by molar-refractivity contribution is -0.124. The van der Waals surface area contributed by atoms with Crippen LogP contribution in [0.5, 0.6) is 0 Å². The average molecular weight is 211 g/mol. The van der Waals surface area contributed by atoms with Gasteiger partial charge < -0.3 is 15.4 Å². The first kappa shape index (κ1) is 12.0. The van der Waals surface area contributed by atoms with Gasteiger partial charge in [-0.2, -0.15) is 5.26 Å². The van der Waals surface area contributed by atoms with Gasteiger partial charge in [-0.25, -0.2) is 0 Å². The quantitative estimate of drug-likeness (QED) is 0.666. The summed E-state index contributed by atoms with van der Waals surface area (Å²) < 4.78 is 5.39. The number of carbonyl (C=O) groups excluding carboxylic acids is 1. The zero-order chi connectivity index (χ0) is 11.1. The van der Waals surface area contributed by atoms with Crippen molar-refractivity contribution in [3.8, 4) is 6.07 Å². The highest BCUT2D eigenvalue weighted by Gasteiger charge is 2.17. The zero-order valence-electron chi connectivity index (χ0n) is 8.95. The number of carbonyl (C=O) groups is 1. The molecular formula is C10H17N3O2. The molecule has 1 heterocycles. The van der Waals surface area contributed by atoms with Crippen molar-refractivity contribution in [1.29, 1.82) is 5.26 Å². The summed E-state index contributed by atoms with van der Waals surface area (Å²) in [5.41, 5.74) is 0. The summed E-state index contributed by atoms with van der Waals surface area (Å²) in [6.07, 6.45) is 0.335. The standard InChI is InChI=1S/C10H17N3O2/c1-8(5-11)6-13-10(14)4-9-7-12-2-3-15-9/h8-9,12H,2-4,6-7H2,1H3,(H,13,14). The van der Waals surface area contributed by atoms with Gasteiger partial charge in [-0.1, -0.05) is 0 Å². The van der Waals surface area contributed by atoms with E-state index in [4.69, 9.17) is 10.00 Å². The molecule has 5 heteroatoms. The van der Waals surface area contributed by atoms with Crippen molar-refractivity contribution < 1.29 is 9.53 Å². The minimum absolute atomic E-state index is 0.0314. The molecule has 2 unspecified atom stereocenters. The Morgan fingerprint density at radius 2 is 2.60 bits per heavy atom. The largest absolute Gasteiger partial charge is 0.375 e. The monoisotopic (exact) mass is 211 g/mol. The maximum Gasteiger partial charge on any atom is 0.222 e. The first-order chi connectivity index (χ1) is 7.22. The van der Waals surface area contributed by atoms with E-state index in [1.54, 1.807) is 6.92 Å². The molecule has 1 aliphatic rings. The van der Waals surface area contributed by atoms with Gasteiger partial charge >= 0.3 is 0 Å². The van der Waals surface area contributed by atoms with Crippen molar-refractivity contribution in [2.45, 2.75) is 19.4 Å². The van der Waals surface area contributed by atoms with Gasteiger partial charge in [0.1, 0.15) is 0 Å². The van der Waals surface area contributed by atoms with E-state index in [9.17, 15) is 4.79 Å². The van der Waals surface area contributed by atoms with E-state index in [0.29, 0.717) is 19.6 Å². The molecule has 2 atom stereocenters. The van der Waals surface area contributed by atoms with Crippen molar-refractivity contribution in [3.05, 3.63) is 0 Å². The second-order valence-corrected chi connectivity index (χ2v) is 3.74. The minimum Gasteiger partial charge on any atom is -0.375 e. The number of hydrogen-bond donors (Lipinski definition) is 2. The topological polar surface area (TPSA) is 74.2 Å². The number of amides is 1. The Kier molecular flexibility index (Phi) is 5.08. The molecule has 0 bridgehead atoms. The third kappa shape index (κ3) is 4.77. The van der Waals surface area contributed by atoms with Gasteiger partial charge in [0, 0.05) is 19.6 Å². The van der Waals surface area contributed by atoms with Gasteiger partial charge in [0.05, 0.1) is 31.1 Å². The molecule has 0 spiro atoms. The van der Waals surface area contributed by atoms with Gasteiger partial charge in [-0.3, -0.25) is 4.79 Å². The van der Waals surface area contributed by atoms with Crippen LogP contribution >= 0.6 is 0 Å². The maximum atomic E-state index is 11.4. The minimum atomic E-state index is -0.139. The summed E-state index contributed by atoms with van der Waals surface area (Å²) in [5.74, 6) is -0.190. The lowest BCUT2D eigenvalue weighted by atomic mass is 10.2. The maximum absolute atomic E-state index is 11.4. The molecule has 84 valence electrons. The summed E-state index contributed by atoms with van der Waals surface area (Å²) in [6, 6.07) is 2.07. The Morgan fingerprint density at radius 1 is 1.80 bits per heavy atom. The molecule has 1 rings (SSSR count). The number of nitrogens with zero attached hydrogens (tertiary/aromatic N) is 1. The molecule has 0 aromatic carbocycles. The fraction of sp³-hybridized carbons (Fsp3) is 0.800. The Morgan fingerprint density at radius 3 is 3.20 bits per heavy atom. The van der Waals surface area contributed by atoms with Gasteiger partial charge in [0.2, 0.25) is 5.91 Å². The van der Waals surface area contributed by atoms with Crippen molar-refractivity contribution in [2.75, 3.05) is 26.2 Å². The number of rotatable bonds is 4. The summed E-state index contributed by atoms with van der Waals surface area (Å²) >= 11 is 0. The highest BCUT2D eigenvalue weighted by Crippen LogP contribution is 2.01. The molecule has 1 saturated heterocycles. The van der Waals surface area contributed by atoms with E-state index >= 15 is 0 Å². The van der Waals surface area contributed by atoms with E-state index in [-0.39, 0.29) is 17.9 Å². The lowest BCUT2D eigenvalue weighted by Crippen LogP contribution is -2.41. The fourth-order valence-corrected chi connectivity index (χ4v) is 1.34. The first-order valence-corrected chi connectivity index (χ1v) is 5.21. The van der Waals surface area contributed by atoms with E-state index in [2.05, 4.69) is 16.7 Å². The molecule has 1 amide bonds. The Hall–Kier alpha value is -1.12. The Bertz CT molecular complexity index is 244. The molecule has 1 aliphatic heterocycles. The third-order valence-electron chi connectivity index (χ3n) is 2.24. The predicted molar refractivity (Wildman–Crippen MR) is 55.0 cm³/mol. The van der Waals surface area contributed by atoms with E-state index in [0.717, 1.165) is 13.1 Å². The predicted octanol–water partition coefficient (Wildman–Crippen LogP) is -0.359. The number of ether oxygens (including phenoxy) is 1. The SMILES string of the molecule is CC(C#N)CNC(=O)CC1CNCCO1. The van der Waals surface area contributed by atoms with Gasteiger partial charge in [0.15, 0.2) is 0 Å². The van der Waals surface area contributed by atoms with Crippen molar-refractivity contribution >= 4 is 5.91 Å². The number of morpholine rings is 1. The van der Waals surface area contributed by atoms with Crippen LogP contribution < -0.4 is 10.6 Å². The van der Waals surface area contributed by atoms with Crippen molar-refractivity contribution in [3.63, 3.8) is 0 Å². The fourth-order valence-electron chi connectivity index (χ4n) is 1.34. The van der Waals surface area contributed by atoms with E-state index < -0.39 is 0 Å². The van der Waals surface area contributed by atoms with Crippen molar-refractivity contribution in [1.82, 2.24) is 10.6 Å². The second-order valence-electron chi connectivity index (χ2n) is 3.74. The molecule has 0 aromatic heterocycles. The van der Waals surface area contributed by atoms with Gasteiger partial charge in [-0.15, -0.1) is 0 Å². The van der Waals surface area contributed by atoms with Crippen LogP contribution in [-0.2, 0) is 9.53 Å². The molecule has 1 fully saturated rings. The van der Waals surface area contributed by atoms with Crippen molar-refractivity contribution in [2.24, 2.45) is 5.92 Å². The van der Waals surface area contributed by atoms with E-state index in [1.807, 2.05) is 0 Å². The highest BCUT2D eigenvalue weighted by molar-refractivity contribution is 5.76. The van der Waals surface area contributed by atoms with Gasteiger partial charge in [-0.05, 0) is 6.92 Å². The summed E-state index contributed by atoms with van der Waals surface area (Å²) in [4.78, 5) is 11.4. The number of nitriles is 1. The normalized spacial score (nSPS) is 22.8. The number of nitrogens with one attached hydrogen (secondary N) is 2. The zero-order valence-corrected chi connectivity index (χ0v) is 8.95. The summed E-state index contributed by atoms with van der Waals surface area (Å²) in [5, 5.41) is 14.4. The summed E-state index contributed by atoms with van der Waals surface area (Å²) in [7, 11) is 0. The van der Waals surface area contributed by atoms with E-state index in [1.165, 1.54) is 0 Å². The molecule has 2 N–H and O–H groups in total. The lowest BCUT2D eigenvalue weighted by Gasteiger charge is -2.23. The molecule has 5 nitrogen and oxygen atoms in total. The average Bonchev–Trinajstić information content (AvgIpc) is 2.27. The van der Waals surface area contributed by atoms with Crippen LogP contribution in [0.2, 0.25) is 0 Å². The van der Waals surface area contributed by atoms with Crippen LogP contribution in [-0.4, -0.2) is 38.3 Å². The molecule has 0 radical (unpaired) electrons. The Labute approximate surface area is 89.8 Å². The first-order valence-electron chi connectivity index (χ1n) is 5.21. The Balaban J connectivity index is 2.15. The molecular weight excluding hydrogens is 194 g/mol. The van der Waals surface area contributed by atoms with Crippen LogP contribution in [0.25, 0.3) is 0 Å².